The van der Waals surface area contributed by atoms with Crippen LogP contribution in [0.4, 0.5) is 0 Å². The van der Waals surface area contributed by atoms with Gasteiger partial charge in [-0.3, -0.25) is 0 Å². The fourth-order valence-electron chi connectivity index (χ4n) is 1.44. The molecule has 1 heterocycles. The third-order valence-electron chi connectivity index (χ3n) is 2.39. The fourth-order valence-corrected chi connectivity index (χ4v) is 3.89. The van der Waals surface area contributed by atoms with E-state index in [-0.39, 0.29) is 24.7 Å². The normalized spacial score (nSPS) is 18.6. The van der Waals surface area contributed by atoms with Gasteiger partial charge in [-0.15, -0.1) is 11.6 Å². The molecule has 19 heavy (non-hydrogen) atoms. The van der Waals surface area contributed by atoms with E-state index in [1.807, 2.05) is 4.83 Å². The van der Waals surface area contributed by atoms with Crippen molar-refractivity contribution in [2.45, 2.75) is 6.42 Å². The monoisotopic (exact) mass is 335 g/mol. The Morgan fingerprint density at radius 2 is 1.79 bits per heavy atom. The first-order chi connectivity index (χ1) is 8.87. The molecule has 11 heteroatoms. The summed E-state index contributed by atoms with van der Waals surface area (Å²) in [6.07, 6.45) is 0.300. The van der Waals surface area contributed by atoms with Crippen LogP contribution in [0.25, 0.3) is 0 Å². The van der Waals surface area contributed by atoms with Gasteiger partial charge in [-0.2, -0.15) is 9.14 Å². The molecule has 1 rings (SSSR count). The van der Waals surface area contributed by atoms with E-state index in [1.165, 1.54) is 4.31 Å². The highest BCUT2D eigenvalue weighted by Crippen LogP contribution is 2.04. The van der Waals surface area contributed by atoms with E-state index < -0.39 is 25.9 Å². The molecular weight excluding hydrogens is 318 g/mol. The Morgan fingerprint density at radius 3 is 2.37 bits per heavy atom. The molecule has 1 aliphatic rings. The average Bonchev–Trinajstić information content (AvgIpc) is 2.37. The predicted octanol–water partition coefficient (Wildman–Crippen LogP) is -1.34. The highest BCUT2D eigenvalue weighted by Gasteiger charge is 2.24. The van der Waals surface area contributed by atoms with E-state index in [2.05, 4.69) is 5.43 Å². The lowest BCUT2D eigenvalue weighted by Gasteiger charge is -2.26. The van der Waals surface area contributed by atoms with Crippen molar-refractivity contribution >= 4 is 31.6 Å². The van der Waals surface area contributed by atoms with Gasteiger partial charge < -0.3 is 4.74 Å². The van der Waals surface area contributed by atoms with Crippen molar-refractivity contribution in [1.82, 2.24) is 14.6 Å². The lowest BCUT2D eigenvalue weighted by molar-refractivity contribution is 0.0729. The Balaban J connectivity index is 2.39. The van der Waals surface area contributed by atoms with Crippen LogP contribution in [0.15, 0.2) is 0 Å². The highest BCUT2D eigenvalue weighted by atomic mass is 35.5. The van der Waals surface area contributed by atoms with Crippen LogP contribution < -0.4 is 10.3 Å². The Labute approximate surface area is 118 Å². The first-order valence-corrected chi connectivity index (χ1v) is 9.51. The van der Waals surface area contributed by atoms with Gasteiger partial charge in [0.1, 0.15) is 5.88 Å². The second-order valence-corrected chi connectivity index (χ2v) is 8.10. The zero-order chi connectivity index (χ0) is 14.4. The number of morpholine rings is 1. The molecule has 114 valence electrons. The molecule has 8 nitrogen and oxygen atoms in total. The summed E-state index contributed by atoms with van der Waals surface area (Å²) in [4.78, 5) is 2.02. The predicted molar refractivity (Wildman–Crippen MR) is 71.6 cm³/mol. The second kappa shape index (κ2) is 7.72. The standard InChI is InChI=1S/C8H18ClN3O5S2/c9-2-1-7-18(13,14)11-10-8-19(15,16)12-3-5-17-6-4-12/h10-11H,1-8H2. The number of alkyl halides is 1. The third kappa shape index (κ3) is 6.34. The molecule has 0 amide bonds. The summed E-state index contributed by atoms with van der Waals surface area (Å²) in [5.41, 5.74) is 2.22. The molecule has 0 atom stereocenters. The first-order valence-electron chi connectivity index (χ1n) is 5.71. The molecule has 0 radical (unpaired) electrons. The Hall–Kier alpha value is 0.0300. The topological polar surface area (TPSA) is 105 Å². The van der Waals surface area contributed by atoms with Crippen LogP contribution in [0.3, 0.4) is 0 Å². The molecule has 0 aromatic carbocycles. The number of hydrazine groups is 1. The number of ether oxygens (including phenoxy) is 1. The summed E-state index contributed by atoms with van der Waals surface area (Å²) in [5, 5.41) is 0. The van der Waals surface area contributed by atoms with Crippen molar-refractivity contribution in [3.05, 3.63) is 0 Å². The molecule has 1 aliphatic heterocycles. The summed E-state index contributed by atoms with van der Waals surface area (Å²) in [7, 11) is -7.09. The highest BCUT2D eigenvalue weighted by molar-refractivity contribution is 7.90. The molecular formula is C8H18ClN3O5S2. The lowest BCUT2D eigenvalue weighted by Crippen LogP contribution is -2.48. The molecule has 1 fully saturated rings. The van der Waals surface area contributed by atoms with Gasteiger partial charge in [0.05, 0.1) is 19.0 Å². The number of halogens is 1. The number of nitrogens with zero attached hydrogens (tertiary/aromatic N) is 1. The van der Waals surface area contributed by atoms with Gasteiger partial charge in [-0.05, 0) is 6.42 Å². The number of nitrogens with one attached hydrogen (secondary N) is 2. The minimum atomic E-state index is -3.55. The number of hydrogen-bond acceptors (Lipinski definition) is 6. The number of rotatable bonds is 8. The summed E-state index contributed by atoms with van der Waals surface area (Å²) in [6.45, 7) is 1.26. The molecule has 2 N–H and O–H groups in total. The maximum atomic E-state index is 11.8. The van der Waals surface area contributed by atoms with E-state index in [4.69, 9.17) is 16.3 Å². The number of sulfonamides is 2. The van der Waals surface area contributed by atoms with Crippen molar-refractivity contribution in [3.63, 3.8) is 0 Å². The smallest absolute Gasteiger partial charge is 0.228 e. The minimum absolute atomic E-state index is 0.152. The van der Waals surface area contributed by atoms with Gasteiger partial charge in [0.25, 0.3) is 0 Å². The summed E-state index contributed by atoms with van der Waals surface area (Å²) in [6, 6.07) is 0. The van der Waals surface area contributed by atoms with E-state index in [1.54, 1.807) is 0 Å². The minimum Gasteiger partial charge on any atom is -0.379 e. The van der Waals surface area contributed by atoms with Crippen LogP contribution in [0.5, 0.6) is 0 Å². The molecule has 0 aromatic heterocycles. The van der Waals surface area contributed by atoms with Crippen molar-refractivity contribution in [3.8, 4) is 0 Å². The van der Waals surface area contributed by atoms with Crippen LogP contribution in [-0.4, -0.2) is 65.0 Å². The zero-order valence-corrected chi connectivity index (χ0v) is 12.7. The van der Waals surface area contributed by atoms with Gasteiger partial charge in [0, 0.05) is 19.0 Å². The Morgan fingerprint density at radius 1 is 1.16 bits per heavy atom. The SMILES string of the molecule is O=S(=O)(CCCCl)NNCS(=O)(=O)N1CCOCC1. The van der Waals surface area contributed by atoms with Crippen LogP contribution in [-0.2, 0) is 24.8 Å². The maximum Gasteiger partial charge on any atom is 0.228 e. The largest absolute Gasteiger partial charge is 0.379 e. The molecule has 0 unspecified atom stereocenters. The Kier molecular flexibility index (Phi) is 6.94. The van der Waals surface area contributed by atoms with Gasteiger partial charge in [0.15, 0.2) is 0 Å². The summed E-state index contributed by atoms with van der Waals surface area (Å²) >= 11 is 5.39. The van der Waals surface area contributed by atoms with Crippen LogP contribution >= 0.6 is 11.6 Å². The van der Waals surface area contributed by atoms with Crippen LogP contribution in [0.2, 0.25) is 0 Å². The van der Waals surface area contributed by atoms with E-state index in [0.717, 1.165) is 0 Å². The summed E-state index contributed by atoms with van der Waals surface area (Å²) < 4.78 is 52.8. The molecule has 0 saturated carbocycles. The van der Waals surface area contributed by atoms with E-state index in [9.17, 15) is 16.8 Å². The van der Waals surface area contributed by atoms with Gasteiger partial charge >= 0.3 is 0 Å². The van der Waals surface area contributed by atoms with E-state index in [0.29, 0.717) is 19.6 Å². The molecule has 0 aromatic rings. The van der Waals surface area contributed by atoms with Crippen LogP contribution in [0.1, 0.15) is 6.42 Å². The second-order valence-electron chi connectivity index (χ2n) is 3.91. The van der Waals surface area contributed by atoms with Crippen molar-refractivity contribution in [2.75, 3.05) is 43.8 Å². The maximum absolute atomic E-state index is 11.8. The first kappa shape index (κ1) is 17.1. The Bertz CT molecular complexity index is 461. The van der Waals surface area contributed by atoms with Gasteiger partial charge in [-0.25, -0.2) is 22.3 Å². The lowest BCUT2D eigenvalue weighted by atomic mass is 10.5. The van der Waals surface area contributed by atoms with Crippen molar-refractivity contribution < 1.29 is 21.6 Å². The third-order valence-corrected chi connectivity index (χ3v) is 5.60. The number of hydrogen-bond donors (Lipinski definition) is 2. The summed E-state index contributed by atoms with van der Waals surface area (Å²) in [5.74, 6) is -0.415. The van der Waals surface area contributed by atoms with Crippen LogP contribution in [0, 0.1) is 0 Å². The molecule has 0 aliphatic carbocycles. The van der Waals surface area contributed by atoms with Gasteiger partial charge in [-0.1, -0.05) is 0 Å². The van der Waals surface area contributed by atoms with Crippen molar-refractivity contribution in [1.29, 1.82) is 0 Å². The average molecular weight is 336 g/mol. The van der Waals surface area contributed by atoms with Crippen molar-refractivity contribution in [2.24, 2.45) is 0 Å². The van der Waals surface area contributed by atoms with Gasteiger partial charge in [0.2, 0.25) is 20.0 Å². The van der Waals surface area contributed by atoms with E-state index >= 15 is 0 Å². The fraction of sp³-hybridized carbons (Fsp3) is 1.00. The molecule has 0 spiro atoms. The quantitative estimate of drug-likeness (QED) is 0.420. The zero-order valence-electron chi connectivity index (χ0n) is 10.3. The molecule has 1 saturated heterocycles. The molecule has 0 bridgehead atoms.